The number of fused-ring (bicyclic) bond motifs is 3. The van der Waals surface area contributed by atoms with Gasteiger partial charge >= 0.3 is 5.97 Å². The van der Waals surface area contributed by atoms with Crippen molar-refractivity contribution in [3.05, 3.63) is 54.7 Å². The largest absolute Gasteiger partial charge is 0.466 e. The molecule has 0 fully saturated rings. The highest BCUT2D eigenvalue weighted by atomic mass is 16.5. The molecule has 0 aliphatic carbocycles. The van der Waals surface area contributed by atoms with Crippen molar-refractivity contribution in [2.24, 2.45) is 0 Å². The number of carbonyl (C=O) groups excluding carboxylic acids is 1. The van der Waals surface area contributed by atoms with E-state index in [0.29, 0.717) is 13.0 Å². The second-order valence-corrected chi connectivity index (χ2v) is 6.40. The number of aromatic nitrogens is 1. The molecular formula is C22H26NO2+. The minimum atomic E-state index is -0.0719. The monoisotopic (exact) mass is 336 g/mol. The average molecular weight is 336 g/mol. The SMILES string of the molecule is CCOC(=O)CCCCCC[n+]1cc2ccccc2c2ccccc21. The number of rotatable bonds is 8. The highest BCUT2D eigenvalue weighted by Crippen LogP contribution is 2.22. The summed E-state index contributed by atoms with van der Waals surface area (Å²) in [6.07, 6.45) is 7.05. The summed E-state index contributed by atoms with van der Waals surface area (Å²) in [7, 11) is 0. The van der Waals surface area contributed by atoms with Gasteiger partial charge in [0, 0.05) is 29.7 Å². The van der Waals surface area contributed by atoms with Gasteiger partial charge in [-0.25, -0.2) is 0 Å². The minimum Gasteiger partial charge on any atom is -0.466 e. The quantitative estimate of drug-likeness (QED) is 0.256. The zero-order chi connectivity index (χ0) is 17.5. The Morgan fingerprint density at radius 3 is 2.48 bits per heavy atom. The number of aryl methyl sites for hydroxylation is 1. The van der Waals surface area contributed by atoms with Gasteiger partial charge in [0.1, 0.15) is 6.54 Å². The first-order valence-corrected chi connectivity index (χ1v) is 9.25. The van der Waals surface area contributed by atoms with Gasteiger partial charge in [0.2, 0.25) is 5.52 Å². The fourth-order valence-corrected chi connectivity index (χ4v) is 3.37. The Morgan fingerprint density at radius 2 is 1.64 bits per heavy atom. The molecule has 0 amide bonds. The first kappa shape index (κ1) is 17.4. The number of ether oxygens (including phenoxy) is 1. The van der Waals surface area contributed by atoms with Crippen LogP contribution in [0.1, 0.15) is 39.0 Å². The van der Waals surface area contributed by atoms with Gasteiger partial charge in [-0.05, 0) is 31.9 Å². The molecule has 0 aliphatic heterocycles. The highest BCUT2D eigenvalue weighted by Gasteiger charge is 2.12. The molecule has 1 heterocycles. The second-order valence-electron chi connectivity index (χ2n) is 6.40. The Morgan fingerprint density at radius 1 is 0.920 bits per heavy atom. The Balaban J connectivity index is 1.62. The van der Waals surface area contributed by atoms with Crippen LogP contribution in [0.25, 0.3) is 21.7 Å². The summed E-state index contributed by atoms with van der Waals surface area (Å²) in [6.45, 7) is 3.33. The molecule has 0 spiro atoms. The van der Waals surface area contributed by atoms with Crippen LogP contribution in [0.3, 0.4) is 0 Å². The van der Waals surface area contributed by atoms with Crippen molar-refractivity contribution in [2.75, 3.05) is 6.61 Å². The van der Waals surface area contributed by atoms with E-state index in [-0.39, 0.29) is 5.97 Å². The van der Waals surface area contributed by atoms with Crippen molar-refractivity contribution in [1.29, 1.82) is 0 Å². The molecule has 0 unspecified atom stereocenters. The van der Waals surface area contributed by atoms with Gasteiger partial charge < -0.3 is 4.74 Å². The lowest BCUT2D eigenvalue weighted by Gasteiger charge is -2.06. The summed E-state index contributed by atoms with van der Waals surface area (Å²) in [5, 5.41) is 3.90. The lowest BCUT2D eigenvalue weighted by atomic mass is 10.1. The van der Waals surface area contributed by atoms with Crippen molar-refractivity contribution < 1.29 is 14.1 Å². The number of carbonyl (C=O) groups is 1. The van der Waals surface area contributed by atoms with Crippen molar-refractivity contribution in [3.8, 4) is 0 Å². The summed E-state index contributed by atoms with van der Waals surface area (Å²) < 4.78 is 7.33. The van der Waals surface area contributed by atoms with Gasteiger partial charge in [0.25, 0.3) is 0 Å². The summed E-state index contributed by atoms with van der Waals surface area (Å²) in [6, 6.07) is 17.2. The molecule has 1 aromatic heterocycles. The third-order valence-corrected chi connectivity index (χ3v) is 4.59. The van der Waals surface area contributed by atoms with E-state index in [1.165, 1.54) is 21.7 Å². The fraction of sp³-hybridized carbons (Fsp3) is 0.364. The highest BCUT2D eigenvalue weighted by molar-refractivity contribution is 6.03. The normalized spacial score (nSPS) is 11.1. The predicted octanol–water partition coefficient (Wildman–Crippen LogP) is 4.79. The Bertz CT molecular complexity index is 857. The lowest BCUT2D eigenvalue weighted by molar-refractivity contribution is -0.670. The third-order valence-electron chi connectivity index (χ3n) is 4.59. The number of pyridine rings is 1. The van der Waals surface area contributed by atoms with Gasteiger partial charge in [-0.2, -0.15) is 4.57 Å². The zero-order valence-corrected chi connectivity index (χ0v) is 14.9. The number of esters is 1. The molecule has 3 heteroatoms. The first-order valence-electron chi connectivity index (χ1n) is 9.25. The fourth-order valence-electron chi connectivity index (χ4n) is 3.37. The maximum Gasteiger partial charge on any atom is 0.305 e. The van der Waals surface area contributed by atoms with Crippen LogP contribution in [0.15, 0.2) is 54.7 Å². The van der Waals surface area contributed by atoms with E-state index in [2.05, 4.69) is 59.3 Å². The van der Waals surface area contributed by atoms with Crippen molar-refractivity contribution in [3.63, 3.8) is 0 Å². The van der Waals surface area contributed by atoms with Crippen molar-refractivity contribution in [1.82, 2.24) is 0 Å². The van der Waals surface area contributed by atoms with Crippen LogP contribution < -0.4 is 4.57 Å². The number of benzene rings is 2. The first-order chi connectivity index (χ1) is 12.3. The van der Waals surface area contributed by atoms with Crippen molar-refractivity contribution >= 4 is 27.6 Å². The van der Waals surface area contributed by atoms with Crippen LogP contribution in [-0.2, 0) is 16.1 Å². The summed E-state index contributed by atoms with van der Waals surface area (Å²) in [5.41, 5.74) is 1.28. The molecule has 0 N–H and O–H groups in total. The molecular weight excluding hydrogens is 310 g/mol. The number of nitrogens with zero attached hydrogens (tertiary/aromatic N) is 1. The Labute approximate surface area is 149 Å². The molecule has 2 aromatic carbocycles. The van der Waals surface area contributed by atoms with Crippen LogP contribution in [-0.4, -0.2) is 12.6 Å². The molecule has 25 heavy (non-hydrogen) atoms. The van der Waals surface area contributed by atoms with E-state index in [4.69, 9.17) is 4.74 Å². The summed E-state index contributed by atoms with van der Waals surface area (Å²) >= 11 is 0. The van der Waals surface area contributed by atoms with Gasteiger partial charge in [0.05, 0.1) is 12.0 Å². The maximum absolute atomic E-state index is 11.3. The predicted molar refractivity (Wildman–Crippen MR) is 101 cm³/mol. The van der Waals surface area contributed by atoms with E-state index in [9.17, 15) is 4.79 Å². The third kappa shape index (κ3) is 4.36. The molecule has 3 rings (SSSR count). The molecule has 0 atom stereocenters. The summed E-state index contributed by atoms with van der Waals surface area (Å²) in [5.74, 6) is -0.0719. The maximum atomic E-state index is 11.3. The molecule has 0 bridgehead atoms. The standard InChI is InChI=1S/C22H26NO2/c1-2-25-22(24)15-5-3-4-10-16-23-17-18-11-6-7-12-19(18)20-13-8-9-14-21(20)23/h6-9,11-14,17H,2-5,10,15-16H2,1H3/q+1. The van der Waals surface area contributed by atoms with Gasteiger partial charge in [-0.3, -0.25) is 4.79 Å². The second kappa shape index (κ2) is 8.61. The molecule has 130 valence electrons. The molecule has 0 saturated carbocycles. The van der Waals surface area contributed by atoms with E-state index in [1.54, 1.807) is 0 Å². The van der Waals surface area contributed by atoms with Gasteiger partial charge in [-0.15, -0.1) is 0 Å². The van der Waals surface area contributed by atoms with Crippen LogP contribution in [0.2, 0.25) is 0 Å². The van der Waals surface area contributed by atoms with Crippen LogP contribution >= 0.6 is 0 Å². The Kier molecular flexibility index (Phi) is 5.99. The minimum absolute atomic E-state index is 0.0719. The molecule has 0 saturated heterocycles. The van der Waals surface area contributed by atoms with E-state index in [0.717, 1.165) is 32.2 Å². The number of hydrogen-bond donors (Lipinski definition) is 0. The lowest BCUT2D eigenvalue weighted by Crippen LogP contribution is -2.34. The number of para-hydroxylation sites is 1. The van der Waals surface area contributed by atoms with Crippen LogP contribution in [0.4, 0.5) is 0 Å². The molecule has 0 aliphatic rings. The average Bonchev–Trinajstić information content (AvgIpc) is 2.64. The van der Waals surface area contributed by atoms with Gasteiger partial charge in [0.15, 0.2) is 6.20 Å². The summed E-state index contributed by atoms with van der Waals surface area (Å²) in [4.78, 5) is 11.3. The van der Waals surface area contributed by atoms with Crippen LogP contribution in [0.5, 0.6) is 0 Å². The smallest absolute Gasteiger partial charge is 0.305 e. The van der Waals surface area contributed by atoms with E-state index in [1.807, 2.05) is 6.92 Å². The number of hydrogen-bond acceptors (Lipinski definition) is 2. The Hall–Kier alpha value is -2.42. The zero-order valence-electron chi connectivity index (χ0n) is 14.9. The van der Waals surface area contributed by atoms with E-state index < -0.39 is 0 Å². The molecule has 3 aromatic rings. The van der Waals surface area contributed by atoms with Crippen LogP contribution in [0, 0.1) is 0 Å². The van der Waals surface area contributed by atoms with Crippen molar-refractivity contribution in [2.45, 2.75) is 45.6 Å². The molecule has 3 nitrogen and oxygen atoms in total. The van der Waals surface area contributed by atoms with E-state index >= 15 is 0 Å². The topological polar surface area (TPSA) is 30.2 Å². The number of unbranched alkanes of at least 4 members (excludes halogenated alkanes) is 3. The van der Waals surface area contributed by atoms with Gasteiger partial charge in [-0.1, -0.05) is 36.8 Å². The molecule has 0 radical (unpaired) electrons.